The number of benzene rings is 1. The number of carbonyl (C=O) groups excluding carboxylic acids is 1. The van der Waals surface area contributed by atoms with Crippen LogP contribution in [-0.2, 0) is 12.8 Å². The molecule has 0 atom stereocenters. The van der Waals surface area contributed by atoms with Gasteiger partial charge < -0.3 is 0 Å². The van der Waals surface area contributed by atoms with Crippen molar-refractivity contribution in [2.75, 3.05) is 0 Å². The number of aromatic nitrogens is 1. The summed E-state index contributed by atoms with van der Waals surface area (Å²) in [5.41, 5.74) is 5.64. The Bertz CT molecular complexity index is 654. The second-order valence-electron chi connectivity index (χ2n) is 4.40. The van der Waals surface area contributed by atoms with E-state index in [1.807, 2.05) is 6.07 Å². The molecular formula is C13H12ClN3O. The highest BCUT2D eigenvalue weighted by Gasteiger charge is 2.23. The van der Waals surface area contributed by atoms with E-state index in [0.717, 1.165) is 41.4 Å². The number of hydrogen-bond donors (Lipinski definition) is 2. The molecule has 0 saturated carbocycles. The maximum absolute atomic E-state index is 12.0. The number of halogens is 1. The number of rotatable bonds is 1. The van der Waals surface area contributed by atoms with Crippen LogP contribution in [-0.4, -0.2) is 10.9 Å². The number of nitrogens with two attached hydrogens (primary N) is 1. The largest absolute Gasteiger partial charge is 0.290 e. The van der Waals surface area contributed by atoms with Crippen LogP contribution in [0.15, 0.2) is 18.2 Å². The van der Waals surface area contributed by atoms with Gasteiger partial charge in [-0.2, -0.15) is 0 Å². The van der Waals surface area contributed by atoms with Gasteiger partial charge in [0.25, 0.3) is 5.91 Å². The molecule has 1 amide bonds. The van der Waals surface area contributed by atoms with Gasteiger partial charge in [-0.05, 0) is 43.0 Å². The predicted octanol–water partition coefficient (Wildman–Crippen LogP) is 1.98. The maximum Gasteiger partial charge on any atom is 0.266 e. The number of nitrogen functional groups attached to an aromatic ring is 1. The Kier molecular flexibility index (Phi) is 2.69. The second-order valence-corrected chi connectivity index (χ2v) is 4.84. The molecule has 3 N–H and O–H groups in total. The Morgan fingerprint density at radius 3 is 3.00 bits per heavy atom. The van der Waals surface area contributed by atoms with Gasteiger partial charge in [0.15, 0.2) is 0 Å². The molecule has 0 radical (unpaired) electrons. The second kappa shape index (κ2) is 4.23. The van der Waals surface area contributed by atoms with Crippen molar-refractivity contribution in [3.63, 3.8) is 0 Å². The number of hydrogen-bond acceptors (Lipinski definition) is 3. The van der Waals surface area contributed by atoms with E-state index >= 15 is 0 Å². The van der Waals surface area contributed by atoms with Crippen LogP contribution in [0.1, 0.15) is 28.0 Å². The summed E-state index contributed by atoms with van der Waals surface area (Å²) < 4.78 is 0. The third-order valence-corrected chi connectivity index (χ3v) is 3.57. The van der Waals surface area contributed by atoms with Gasteiger partial charge in [-0.1, -0.05) is 11.6 Å². The smallest absolute Gasteiger partial charge is 0.266 e. The molecule has 1 aromatic carbocycles. The number of nitrogens with one attached hydrogen (secondary N) is 1. The van der Waals surface area contributed by atoms with Crippen molar-refractivity contribution >= 4 is 28.4 Å². The van der Waals surface area contributed by atoms with Crippen molar-refractivity contribution in [2.24, 2.45) is 5.84 Å². The zero-order chi connectivity index (χ0) is 12.7. The summed E-state index contributed by atoms with van der Waals surface area (Å²) in [4.78, 5) is 16.6. The summed E-state index contributed by atoms with van der Waals surface area (Å²) in [5, 5.41) is 1.36. The molecule has 18 heavy (non-hydrogen) atoms. The number of fused-ring (bicyclic) bond motifs is 2. The lowest BCUT2D eigenvalue weighted by molar-refractivity contribution is 0.0954. The highest BCUT2D eigenvalue weighted by molar-refractivity contribution is 6.31. The summed E-state index contributed by atoms with van der Waals surface area (Å²) in [6.45, 7) is 0. The lowest BCUT2D eigenvalue weighted by Crippen LogP contribution is -2.31. The van der Waals surface area contributed by atoms with Crippen LogP contribution in [0.4, 0.5) is 0 Å². The molecule has 4 nitrogen and oxygen atoms in total. The molecule has 5 heteroatoms. The van der Waals surface area contributed by atoms with Crippen molar-refractivity contribution in [1.29, 1.82) is 0 Å². The maximum atomic E-state index is 12.0. The van der Waals surface area contributed by atoms with Gasteiger partial charge in [-0.25, -0.2) is 5.84 Å². The first-order chi connectivity index (χ1) is 8.70. The number of nitrogens with zero attached hydrogens (tertiary/aromatic N) is 1. The topological polar surface area (TPSA) is 68.0 Å². The summed E-state index contributed by atoms with van der Waals surface area (Å²) >= 11 is 6.00. The number of carbonyl (C=O) groups is 1. The first kappa shape index (κ1) is 11.4. The number of amides is 1. The molecule has 0 fully saturated rings. The third-order valence-electron chi connectivity index (χ3n) is 3.33. The minimum absolute atomic E-state index is 0.275. The monoisotopic (exact) mass is 261 g/mol. The summed E-state index contributed by atoms with van der Waals surface area (Å²) in [5.74, 6) is 5.00. The molecule has 1 heterocycles. The van der Waals surface area contributed by atoms with Crippen molar-refractivity contribution < 1.29 is 4.79 Å². The van der Waals surface area contributed by atoms with Gasteiger partial charge in [-0.3, -0.25) is 15.2 Å². The van der Waals surface area contributed by atoms with Crippen LogP contribution in [0.25, 0.3) is 10.9 Å². The van der Waals surface area contributed by atoms with Gasteiger partial charge in [0.1, 0.15) is 0 Å². The van der Waals surface area contributed by atoms with Gasteiger partial charge in [0, 0.05) is 16.1 Å². The van der Waals surface area contributed by atoms with E-state index in [-0.39, 0.29) is 5.91 Å². The predicted molar refractivity (Wildman–Crippen MR) is 70.4 cm³/mol. The minimum atomic E-state index is -0.275. The van der Waals surface area contributed by atoms with E-state index in [4.69, 9.17) is 17.4 Å². The van der Waals surface area contributed by atoms with Crippen molar-refractivity contribution in [2.45, 2.75) is 19.3 Å². The fourth-order valence-electron chi connectivity index (χ4n) is 2.57. The fraction of sp³-hybridized carbons (Fsp3) is 0.231. The van der Waals surface area contributed by atoms with Crippen molar-refractivity contribution in [3.8, 4) is 0 Å². The molecular weight excluding hydrogens is 250 g/mol. The zero-order valence-corrected chi connectivity index (χ0v) is 10.4. The van der Waals surface area contributed by atoms with Gasteiger partial charge in [0.05, 0.1) is 11.1 Å². The molecule has 0 bridgehead atoms. The molecule has 0 spiro atoms. The van der Waals surface area contributed by atoms with E-state index < -0.39 is 0 Å². The quantitative estimate of drug-likeness (QED) is 0.469. The van der Waals surface area contributed by atoms with Crippen molar-refractivity contribution in [1.82, 2.24) is 10.4 Å². The Morgan fingerprint density at radius 2 is 2.22 bits per heavy atom. The van der Waals surface area contributed by atoms with Gasteiger partial charge >= 0.3 is 0 Å². The Hall–Kier alpha value is -1.65. The van der Waals surface area contributed by atoms with E-state index in [0.29, 0.717) is 10.6 Å². The summed E-state index contributed by atoms with van der Waals surface area (Å²) in [6.07, 6.45) is 2.81. The molecule has 1 aromatic heterocycles. The lowest BCUT2D eigenvalue weighted by atomic mass is 10.0. The van der Waals surface area contributed by atoms with Crippen LogP contribution in [0.2, 0.25) is 5.02 Å². The zero-order valence-electron chi connectivity index (χ0n) is 9.66. The highest BCUT2D eigenvalue weighted by atomic mass is 35.5. The Balaban J connectivity index is 2.40. The molecule has 0 saturated heterocycles. The Labute approximate surface area is 109 Å². The van der Waals surface area contributed by atoms with Crippen molar-refractivity contribution in [3.05, 3.63) is 40.0 Å². The third kappa shape index (κ3) is 1.65. The number of hydrazine groups is 1. The first-order valence-corrected chi connectivity index (χ1v) is 6.20. The molecule has 3 rings (SSSR count). The average Bonchev–Trinajstić information content (AvgIpc) is 2.82. The molecule has 1 aliphatic carbocycles. The summed E-state index contributed by atoms with van der Waals surface area (Å²) in [7, 11) is 0. The first-order valence-electron chi connectivity index (χ1n) is 5.82. The van der Waals surface area contributed by atoms with Crippen LogP contribution in [0.5, 0.6) is 0 Å². The van der Waals surface area contributed by atoms with Crippen LogP contribution in [0.3, 0.4) is 0 Å². The normalized spacial score (nSPS) is 13.7. The van der Waals surface area contributed by atoms with Gasteiger partial charge in [0.2, 0.25) is 0 Å². The average molecular weight is 262 g/mol. The minimum Gasteiger partial charge on any atom is -0.290 e. The van der Waals surface area contributed by atoms with Crippen LogP contribution >= 0.6 is 11.6 Å². The summed E-state index contributed by atoms with van der Waals surface area (Å²) in [6, 6.07) is 5.39. The molecule has 1 aliphatic rings. The fourth-order valence-corrected chi connectivity index (χ4v) is 2.74. The van der Waals surface area contributed by atoms with Crippen LogP contribution < -0.4 is 11.3 Å². The molecule has 0 aliphatic heterocycles. The van der Waals surface area contributed by atoms with E-state index in [1.54, 1.807) is 12.1 Å². The van der Waals surface area contributed by atoms with E-state index in [1.165, 1.54) is 0 Å². The molecule has 0 unspecified atom stereocenters. The number of aryl methyl sites for hydroxylation is 1. The van der Waals surface area contributed by atoms with Gasteiger partial charge in [-0.15, -0.1) is 0 Å². The lowest BCUT2D eigenvalue weighted by Gasteiger charge is -2.11. The highest BCUT2D eigenvalue weighted by Crippen LogP contribution is 2.31. The molecule has 92 valence electrons. The SMILES string of the molecule is NNC(=O)c1c2c(nc3ccc(Cl)cc13)CCC2. The standard InChI is InChI=1S/C13H12ClN3O/c14-7-4-5-11-9(6-7)12(13(18)17-15)8-2-1-3-10(8)16-11/h4-6H,1-3,15H2,(H,17,18). The Morgan fingerprint density at radius 1 is 1.39 bits per heavy atom. The molecule has 2 aromatic rings. The number of pyridine rings is 1. The van der Waals surface area contributed by atoms with E-state index in [9.17, 15) is 4.79 Å². The van der Waals surface area contributed by atoms with E-state index in [2.05, 4.69) is 10.4 Å². The van der Waals surface area contributed by atoms with Crippen LogP contribution in [0, 0.1) is 0 Å².